The van der Waals surface area contributed by atoms with Crippen LogP contribution in [0.5, 0.6) is 0 Å². The first-order valence-electron chi connectivity index (χ1n) is 9.14. The lowest BCUT2D eigenvalue weighted by Gasteiger charge is -2.34. The predicted octanol–water partition coefficient (Wildman–Crippen LogP) is 1.35. The largest absolute Gasteiger partial charge is 0.370 e. The molecule has 2 amide bonds. The first-order valence-corrected chi connectivity index (χ1v) is 9.14. The molecule has 1 aromatic carbocycles. The number of nitrogens with two attached hydrogens (primary N) is 1. The Morgan fingerprint density at radius 3 is 2.88 bits per heavy atom. The molecule has 0 spiro atoms. The van der Waals surface area contributed by atoms with Crippen LogP contribution in [0.25, 0.3) is 0 Å². The van der Waals surface area contributed by atoms with Gasteiger partial charge in [0.15, 0.2) is 5.96 Å². The quantitative estimate of drug-likeness (QED) is 0.527. The van der Waals surface area contributed by atoms with E-state index < -0.39 is 0 Å². The van der Waals surface area contributed by atoms with Crippen LogP contribution in [0.1, 0.15) is 31.7 Å². The smallest absolute Gasteiger partial charge is 0.243 e. The van der Waals surface area contributed by atoms with Gasteiger partial charge in [-0.2, -0.15) is 0 Å². The van der Waals surface area contributed by atoms with Crippen molar-refractivity contribution < 1.29 is 9.59 Å². The lowest BCUT2D eigenvalue weighted by molar-refractivity contribution is -0.119. The van der Waals surface area contributed by atoms with Gasteiger partial charge >= 0.3 is 0 Å². The number of piperidine rings is 1. The Balaban J connectivity index is 1.85. The van der Waals surface area contributed by atoms with Gasteiger partial charge in [0, 0.05) is 32.2 Å². The van der Waals surface area contributed by atoms with Gasteiger partial charge in [-0.3, -0.25) is 14.6 Å². The molecule has 0 aliphatic carbocycles. The summed E-state index contributed by atoms with van der Waals surface area (Å²) in [6.45, 7) is 3.80. The Bertz CT molecular complexity index is 659. The van der Waals surface area contributed by atoms with Crippen LogP contribution in [0.4, 0.5) is 5.69 Å². The molecule has 1 fully saturated rings. The number of carbonyl (C=O) groups is 2. The fourth-order valence-electron chi connectivity index (χ4n) is 3.27. The maximum Gasteiger partial charge on any atom is 0.243 e. The van der Waals surface area contributed by atoms with Gasteiger partial charge in [-0.25, -0.2) is 0 Å². The number of guanidine groups is 1. The highest BCUT2D eigenvalue weighted by Gasteiger charge is 2.23. The van der Waals surface area contributed by atoms with Crippen molar-refractivity contribution in [3.8, 4) is 0 Å². The molecule has 1 atom stereocenters. The zero-order valence-electron chi connectivity index (χ0n) is 15.6. The van der Waals surface area contributed by atoms with Crippen molar-refractivity contribution in [1.82, 2.24) is 10.2 Å². The standard InChI is InChI=1S/C19H29N5O2/c1-3-14-6-4-8-16(10-14)23-18(26)12-22-19(21-2)24-9-5-7-15(13-24)11-17(20)25/h4,6,8,10,15H,3,5,7,9,11-13H2,1-2H3,(H2,20,25)(H,21,22)(H,23,26). The number of amides is 2. The van der Waals surface area contributed by atoms with Gasteiger partial charge in [0.1, 0.15) is 0 Å². The van der Waals surface area contributed by atoms with E-state index in [0.717, 1.165) is 38.0 Å². The Labute approximate surface area is 155 Å². The predicted molar refractivity (Wildman–Crippen MR) is 104 cm³/mol. The highest BCUT2D eigenvalue weighted by Crippen LogP contribution is 2.19. The second-order valence-corrected chi connectivity index (χ2v) is 6.63. The van der Waals surface area contributed by atoms with Gasteiger partial charge in [0.25, 0.3) is 0 Å². The van der Waals surface area contributed by atoms with E-state index in [2.05, 4.69) is 27.4 Å². The van der Waals surface area contributed by atoms with E-state index in [0.29, 0.717) is 12.4 Å². The number of nitrogens with zero attached hydrogens (tertiary/aromatic N) is 2. The average Bonchev–Trinajstić information content (AvgIpc) is 2.62. The van der Waals surface area contributed by atoms with Gasteiger partial charge in [-0.05, 0) is 42.9 Å². The summed E-state index contributed by atoms with van der Waals surface area (Å²) in [4.78, 5) is 29.7. The third-order valence-electron chi connectivity index (χ3n) is 4.55. The minimum Gasteiger partial charge on any atom is -0.370 e. The molecule has 0 saturated carbocycles. The third kappa shape index (κ3) is 6.06. The molecule has 1 aliphatic rings. The molecule has 1 aromatic rings. The number of carbonyl (C=O) groups excluding carboxylic acids is 2. The SMILES string of the molecule is CCc1cccc(NC(=O)CNC(=NC)N2CCCC(CC(N)=O)C2)c1. The van der Waals surface area contributed by atoms with Crippen LogP contribution in [0.2, 0.25) is 0 Å². The maximum atomic E-state index is 12.2. The maximum absolute atomic E-state index is 12.2. The molecule has 1 saturated heterocycles. The average molecular weight is 359 g/mol. The van der Waals surface area contributed by atoms with Crippen molar-refractivity contribution in [3.05, 3.63) is 29.8 Å². The number of hydrogen-bond donors (Lipinski definition) is 3. The zero-order chi connectivity index (χ0) is 18.9. The number of nitrogens with one attached hydrogen (secondary N) is 2. The molecule has 26 heavy (non-hydrogen) atoms. The van der Waals surface area contributed by atoms with Crippen LogP contribution in [0, 0.1) is 5.92 Å². The number of hydrogen-bond acceptors (Lipinski definition) is 3. The van der Waals surface area contributed by atoms with Crippen LogP contribution in [0.3, 0.4) is 0 Å². The summed E-state index contributed by atoms with van der Waals surface area (Å²) in [5.74, 6) is 0.528. The van der Waals surface area contributed by atoms with Gasteiger partial charge in [0.05, 0.1) is 6.54 Å². The number of rotatable bonds is 6. The molecule has 7 heteroatoms. The molecule has 142 valence electrons. The summed E-state index contributed by atoms with van der Waals surface area (Å²) < 4.78 is 0. The normalized spacial score (nSPS) is 17.7. The van der Waals surface area contributed by atoms with E-state index in [1.54, 1.807) is 7.05 Å². The molecule has 0 aromatic heterocycles. The monoisotopic (exact) mass is 359 g/mol. The van der Waals surface area contributed by atoms with Gasteiger partial charge in [-0.1, -0.05) is 19.1 Å². The summed E-state index contributed by atoms with van der Waals surface area (Å²) in [6.07, 6.45) is 3.29. The zero-order valence-corrected chi connectivity index (χ0v) is 15.6. The van der Waals surface area contributed by atoms with Gasteiger partial charge < -0.3 is 21.3 Å². The lowest BCUT2D eigenvalue weighted by atomic mass is 9.95. The van der Waals surface area contributed by atoms with E-state index in [1.807, 2.05) is 24.3 Å². The number of aryl methyl sites for hydroxylation is 1. The number of benzene rings is 1. The Morgan fingerprint density at radius 2 is 2.19 bits per heavy atom. The second-order valence-electron chi connectivity index (χ2n) is 6.63. The minimum absolute atomic E-state index is 0.120. The third-order valence-corrected chi connectivity index (χ3v) is 4.55. The molecule has 1 heterocycles. The van der Waals surface area contributed by atoms with Crippen molar-refractivity contribution in [3.63, 3.8) is 0 Å². The van der Waals surface area contributed by atoms with Gasteiger partial charge in [-0.15, -0.1) is 0 Å². The van der Waals surface area contributed by atoms with Gasteiger partial charge in [0.2, 0.25) is 11.8 Å². The first kappa shape index (κ1) is 19.8. The van der Waals surface area contributed by atoms with E-state index in [-0.39, 0.29) is 24.3 Å². The highest BCUT2D eigenvalue weighted by molar-refractivity contribution is 5.95. The van der Waals surface area contributed by atoms with E-state index in [4.69, 9.17) is 5.73 Å². The molecule has 1 unspecified atom stereocenters. The number of aliphatic imine (C=N–C) groups is 1. The minimum atomic E-state index is -0.270. The lowest BCUT2D eigenvalue weighted by Crippen LogP contribution is -2.48. The summed E-state index contributed by atoms with van der Waals surface area (Å²) in [5, 5.41) is 6.01. The van der Waals surface area contributed by atoms with E-state index >= 15 is 0 Å². The second kappa shape index (κ2) is 9.79. The molecule has 1 aliphatic heterocycles. The van der Waals surface area contributed by atoms with Crippen molar-refractivity contribution in [2.75, 3.05) is 32.0 Å². The molecular formula is C19H29N5O2. The summed E-state index contributed by atoms with van der Waals surface area (Å²) in [7, 11) is 1.70. The van der Waals surface area contributed by atoms with Crippen molar-refractivity contribution in [2.24, 2.45) is 16.6 Å². The van der Waals surface area contributed by atoms with Crippen LogP contribution in [0.15, 0.2) is 29.3 Å². The van der Waals surface area contributed by atoms with Crippen LogP contribution >= 0.6 is 0 Å². The Hall–Kier alpha value is -2.57. The fraction of sp³-hybridized carbons (Fsp3) is 0.526. The Morgan fingerprint density at radius 1 is 1.38 bits per heavy atom. The Kier molecular flexibility index (Phi) is 7.44. The summed E-state index contributed by atoms with van der Waals surface area (Å²) in [5.41, 5.74) is 7.29. The van der Waals surface area contributed by atoms with Crippen molar-refractivity contribution >= 4 is 23.5 Å². The van der Waals surface area contributed by atoms with Crippen LogP contribution in [-0.4, -0.2) is 49.4 Å². The van der Waals surface area contributed by atoms with Crippen LogP contribution < -0.4 is 16.4 Å². The molecule has 4 N–H and O–H groups in total. The highest BCUT2D eigenvalue weighted by atomic mass is 16.2. The molecule has 0 bridgehead atoms. The van der Waals surface area contributed by atoms with Crippen LogP contribution in [-0.2, 0) is 16.0 Å². The molecular weight excluding hydrogens is 330 g/mol. The number of likely N-dealkylation sites (tertiary alicyclic amines) is 1. The molecule has 7 nitrogen and oxygen atoms in total. The van der Waals surface area contributed by atoms with E-state index in [9.17, 15) is 9.59 Å². The first-order chi connectivity index (χ1) is 12.5. The number of anilines is 1. The fourth-order valence-corrected chi connectivity index (χ4v) is 3.27. The summed E-state index contributed by atoms with van der Waals surface area (Å²) in [6, 6.07) is 7.83. The summed E-state index contributed by atoms with van der Waals surface area (Å²) >= 11 is 0. The number of primary amides is 1. The topological polar surface area (TPSA) is 99.8 Å². The van der Waals surface area contributed by atoms with E-state index in [1.165, 1.54) is 5.56 Å². The van der Waals surface area contributed by atoms with Crippen molar-refractivity contribution in [1.29, 1.82) is 0 Å². The molecule has 0 radical (unpaired) electrons. The molecule has 2 rings (SSSR count). The van der Waals surface area contributed by atoms with Crippen molar-refractivity contribution in [2.45, 2.75) is 32.6 Å².